The summed E-state index contributed by atoms with van der Waals surface area (Å²) in [4.78, 5) is 0. The summed E-state index contributed by atoms with van der Waals surface area (Å²) in [6.45, 7) is 20.2. The van der Waals surface area contributed by atoms with E-state index in [4.69, 9.17) is 0 Å². The van der Waals surface area contributed by atoms with E-state index in [2.05, 4.69) is 60.7 Å². The van der Waals surface area contributed by atoms with Crippen LogP contribution in [0.2, 0.25) is 0 Å². The van der Waals surface area contributed by atoms with Gasteiger partial charge in [-0.1, -0.05) is 55.4 Å². The fourth-order valence-corrected chi connectivity index (χ4v) is 3.92. The van der Waals surface area contributed by atoms with Gasteiger partial charge in [0, 0.05) is 6.04 Å². The van der Waals surface area contributed by atoms with Gasteiger partial charge in [-0.2, -0.15) is 0 Å². The van der Waals surface area contributed by atoms with Gasteiger partial charge in [0.2, 0.25) is 0 Å². The lowest BCUT2D eigenvalue weighted by Gasteiger charge is -2.28. The van der Waals surface area contributed by atoms with E-state index in [-0.39, 0.29) is 0 Å². The summed E-state index contributed by atoms with van der Waals surface area (Å²) >= 11 is 0. The Morgan fingerprint density at radius 3 is 1.76 bits per heavy atom. The van der Waals surface area contributed by atoms with E-state index in [0.29, 0.717) is 16.9 Å². The lowest BCUT2D eigenvalue weighted by Crippen LogP contribution is -2.39. The first-order chi connectivity index (χ1) is 7.66. The number of rotatable bonds is 6. The molecule has 0 aliphatic heterocycles. The molecule has 2 atom stereocenters. The van der Waals surface area contributed by atoms with E-state index in [1.807, 2.05) is 0 Å². The van der Waals surface area contributed by atoms with E-state index >= 15 is 0 Å². The van der Waals surface area contributed by atoms with Crippen LogP contribution in [0, 0.1) is 28.6 Å². The van der Waals surface area contributed by atoms with Crippen LogP contribution in [0.15, 0.2) is 0 Å². The molecule has 0 heterocycles. The van der Waals surface area contributed by atoms with Crippen molar-refractivity contribution < 1.29 is 0 Å². The van der Waals surface area contributed by atoms with Gasteiger partial charge < -0.3 is 5.32 Å². The largest absolute Gasteiger partial charge is 0.314 e. The van der Waals surface area contributed by atoms with Gasteiger partial charge in [-0.05, 0) is 41.5 Å². The zero-order chi connectivity index (χ0) is 13.4. The van der Waals surface area contributed by atoms with Crippen molar-refractivity contribution in [2.24, 2.45) is 28.6 Å². The topological polar surface area (TPSA) is 12.0 Å². The molecule has 0 amide bonds. The molecule has 1 saturated carbocycles. The van der Waals surface area contributed by atoms with Crippen molar-refractivity contribution in [3.8, 4) is 0 Å². The van der Waals surface area contributed by atoms with E-state index in [1.54, 1.807) is 0 Å². The molecule has 1 N–H and O–H groups in total. The van der Waals surface area contributed by atoms with E-state index in [1.165, 1.54) is 6.42 Å². The predicted molar refractivity (Wildman–Crippen MR) is 77.1 cm³/mol. The highest BCUT2D eigenvalue weighted by Crippen LogP contribution is 2.70. The first-order valence-corrected chi connectivity index (χ1v) is 7.39. The van der Waals surface area contributed by atoms with Crippen LogP contribution in [-0.4, -0.2) is 12.6 Å². The zero-order valence-corrected chi connectivity index (χ0v) is 13.2. The van der Waals surface area contributed by atoms with Crippen molar-refractivity contribution in [2.45, 2.75) is 67.9 Å². The van der Waals surface area contributed by atoms with Gasteiger partial charge in [0.25, 0.3) is 0 Å². The van der Waals surface area contributed by atoms with E-state index in [9.17, 15) is 0 Å². The third-order valence-electron chi connectivity index (χ3n) is 5.39. The van der Waals surface area contributed by atoms with Crippen molar-refractivity contribution in [1.29, 1.82) is 0 Å². The molecule has 1 heteroatoms. The molecular formula is C16H33N. The van der Waals surface area contributed by atoms with Crippen LogP contribution in [-0.2, 0) is 0 Å². The minimum atomic E-state index is 0.491. The van der Waals surface area contributed by atoms with Crippen molar-refractivity contribution in [2.75, 3.05) is 6.54 Å². The van der Waals surface area contributed by atoms with Gasteiger partial charge in [-0.15, -0.1) is 0 Å². The minimum Gasteiger partial charge on any atom is -0.314 e. The van der Waals surface area contributed by atoms with Crippen LogP contribution in [0.5, 0.6) is 0 Å². The molecule has 0 bridgehead atoms. The number of hydrogen-bond acceptors (Lipinski definition) is 1. The molecule has 1 nitrogen and oxygen atoms in total. The summed E-state index contributed by atoms with van der Waals surface area (Å²) in [6.07, 6.45) is 1.33. The quantitative estimate of drug-likeness (QED) is 0.727. The fourth-order valence-electron chi connectivity index (χ4n) is 3.92. The molecular weight excluding hydrogens is 206 g/mol. The molecule has 1 rings (SSSR count). The summed E-state index contributed by atoms with van der Waals surface area (Å²) in [5.41, 5.74) is 0.982. The molecule has 0 aromatic rings. The van der Waals surface area contributed by atoms with E-state index in [0.717, 1.165) is 24.3 Å². The predicted octanol–water partition coefficient (Wildman–Crippen LogP) is 4.33. The molecule has 1 fully saturated rings. The van der Waals surface area contributed by atoms with Crippen LogP contribution in [0.3, 0.4) is 0 Å². The fraction of sp³-hybridized carbons (Fsp3) is 1.00. The smallest absolute Gasteiger partial charge is 0.0131 e. The second kappa shape index (κ2) is 4.91. The Morgan fingerprint density at radius 1 is 1.00 bits per heavy atom. The van der Waals surface area contributed by atoms with Gasteiger partial charge >= 0.3 is 0 Å². The highest BCUT2D eigenvalue weighted by molar-refractivity contribution is 5.16. The Labute approximate surface area is 109 Å². The zero-order valence-electron chi connectivity index (χ0n) is 13.2. The Balaban J connectivity index is 2.75. The normalized spacial score (nSPS) is 25.9. The van der Waals surface area contributed by atoms with Crippen molar-refractivity contribution in [1.82, 2.24) is 5.32 Å². The molecule has 102 valence electrons. The third kappa shape index (κ3) is 2.70. The lowest BCUT2D eigenvalue weighted by atomic mass is 9.86. The summed E-state index contributed by atoms with van der Waals surface area (Å²) < 4.78 is 0. The minimum absolute atomic E-state index is 0.491. The second-order valence-corrected chi connectivity index (χ2v) is 7.61. The van der Waals surface area contributed by atoms with Crippen molar-refractivity contribution in [3.05, 3.63) is 0 Å². The molecule has 17 heavy (non-hydrogen) atoms. The maximum atomic E-state index is 3.76. The summed E-state index contributed by atoms with van der Waals surface area (Å²) in [5.74, 6) is 2.40. The molecule has 1 aliphatic rings. The van der Waals surface area contributed by atoms with Gasteiger partial charge in [-0.3, -0.25) is 0 Å². The Bertz CT molecular complexity index is 238. The monoisotopic (exact) mass is 239 g/mol. The molecule has 1 aliphatic carbocycles. The Hall–Kier alpha value is -0.0400. The first-order valence-electron chi connectivity index (χ1n) is 7.39. The lowest BCUT2D eigenvalue weighted by molar-refractivity contribution is 0.270. The van der Waals surface area contributed by atoms with Crippen LogP contribution < -0.4 is 5.32 Å². The van der Waals surface area contributed by atoms with Crippen LogP contribution in [0.1, 0.15) is 61.8 Å². The molecule has 0 aromatic heterocycles. The maximum absolute atomic E-state index is 3.76. The van der Waals surface area contributed by atoms with Gasteiger partial charge in [0.15, 0.2) is 0 Å². The molecule has 2 unspecified atom stereocenters. The highest BCUT2D eigenvalue weighted by Gasteiger charge is 2.67. The standard InChI is InChI=1S/C16H33N/c1-9-17-13(12(4)10-11(2)3)14-15(5,6)16(14,7)8/h11-14,17H,9-10H2,1-8H3. The average Bonchev–Trinajstić information content (AvgIpc) is 2.53. The summed E-state index contributed by atoms with van der Waals surface area (Å²) in [5, 5.41) is 3.76. The van der Waals surface area contributed by atoms with Gasteiger partial charge in [0.1, 0.15) is 0 Å². The van der Waals surface area contributed by atoms with Crippen LogP contribution in [0.25, 0.3) is 0 Å². The Morgan fingerprint density at radius 2 is 1.47 bits per heavy atom. The van der Waals surface area contributed by atoms with Crippen molar-refractivity contribution >= 4 is 0 Å². The van der Waals surface area contributed by atoms with Crippen molar-refractivity contribution in [3.63, 3.8) is 0 Å². The van der Waals surface area contributed by atoms with E-state index < -0.39 is 0 Å². The molecule has 0 aromatic carbocycles. The highest BCUT2D eigenvalue weighted by atomic mass is 15.0. The molecule has 0 radical (unpaired) electrons. The molecule has 0 saturated heterocycles. The van der Waals surface area contributed by atoms with Gasteiger partial charge in [0.05, 0.1) is 0 Å². The van der Waals surface area contributed by atoms with Crippen LogP contribution in [0.4, 0.5) is 0 Å². The summed E-state index contributed by atoms with van der Waals surface area (Å²) in [7, 11) is 0. The summed E-state index contributed by atoms with van der Waals surface area (Å²) in [6, 6.07) is 0.687. The maximum Gasteiger partial charge on any atom is 0.0131 e. The molecule has 0 spiro atoms. The third-order valence-corrected chi connectivity index (χ3v) is 5.39. The van der Waals surface area contributed by atoms with Crippen LogP contribution >= 0.6 is 0 Å². The SMILES string of the molecule is CCNC(C(C)CC(C)C)C1C(C)(C)C1(C)C. The Kier molecular flexibility index (Phi) is 4.34. The number of hydrogen-bond donors (Lipinski definition) is 1. The second-order valence-electron chi connectivity index (χ2n) is 7.61. The number of nitrogens with one attached hydrogen (secondary N) is 1. The van der Waals surface area contributed by atoms with Gasteiger partial charge in [-0.25, -0.2) is 0 Å². The average molecular weight is 239 g/mol. The first kappa shape index (κ1) is 15.0.